The molecule has 0 unspecified atom stereocenters. The van der Waals surface area contributed by atoms with Gasteiger partial charge in [0, 0.05) is 6.54 Å². The normalized spacial score (nSPS) is 10.3. The van der Waals surface area contributed by atoms with Gasteiger partial charge in [-0.3, -0.25) is 4.79 Å². The van der Waals surface area contributed by atoms with Crippen molar-refractivity contribution in [3.8, 4) is 0 Å². The maximum Gasteiger partial charge on any atom is 0.254 e. The molecule has 1 aromatic rings. The average Bonchev–Trinajstić information content (AvgIpc) is 2.32. The van der Waals surface area contributed by atoms with Gasteiger partial charge in [-0.1, -0.05) is 37.8 Å². The minimum Gasteiger partial charge on any atom is -0.352 e. The molecule has 94 valence electrons. The van der Waals surface area contributed by atoms with Crippen molar-refractivity contribution < 1.29 is 9.18 Å². The van der Waals surface area contributed by atoms with Gasteiger partial charge in [0.2, 0.25) is 0 Å². The second kappa shape index (κ2) is 7.05. The lowest BCUT2D eigenvalue weighted by Gasteiger charge is -2.06. The maximum absolute atomic E-state index is 13.4. The minimum absolute atomic E-state index is 0.139. The van der Waals surface area contributed by atoms with Crippen molar-refractivity contribution in [1.82, 2.24) is 5.32 Å². The summed E-state index contributed by atoms with van der Waals surface area (Å²) < 4.78 is 13.4. The van der Waals surface area contributed by atoms with Crippen molar-refractivity contribution >= 4 is 5.91 Å². The van der Waals surface area contributed by atoms with Gasteiger partial charge in [0.05, 0.1) is 5.56 Å². The molecule has 0 saturated heterocycles. The van der Waals surface area contributed by atoms with Crippen LogP contribution in [-0.2, 0) is 0 Å². The highest BCUT2D eigenvalue weighted by Gasteiger charge is 2.10. The highest BCUT2D eigenvalue weighted by atomic mass is 19.1. The summed E-state index contributed by atoms with van der Waals surface area (Å²) in [5.74, 6) is -0.774. The van der Waals surface area contributed by atoms with Crippen LogP contribution in [0.15, 0.2) is 18.2 Å². The smallest absolute Gasteiger partial charge is 0.254 e. The summed E-state index contributed by atoms with van der Waals surface area (Å²) in [6.07, 6.45) is 4.40. The summed E-state index contributed by atoms with van der Waals surface area (Å²) >= 11 is 0. The van der Waals surface area contributed by atoms with Crippen LogP contribution in [0.25, 0.3) is 0 Å². The number of rotatable bonds is 6. The Bertz CT molecular complexity index is 376. The van der Waals surface area contributed by atoms with Crippen LogP contribution in [0, 0.1) is 12.7 Å². The number of hydrogen-bond donors (Lipinski definition) is 1. The minimum atomic E-state index is -0.457. The number of halogens is 1. The summed E-state index contributed by atoms with van der Waals surface area (Å²) in [5.41, 5.74) is 1.03. The van der Waals surface area contributed by atoms with E-state index in [0.717, 1.165) is 18.4 Å². The zero-order valence-electron chi connectivity index (χ0n) is 10.6. The molecule has 0 saturated carbocycles. The SMILES string of the molecule is CCCCCCNC(=O)c1cc(C)ccc1F. The predicted octanol–water partition coefficient (Wildman–Crippen LogP) is 3.44. The van der Waals surface area contributed by atoms with Crippen molar-refractivity contribution in [3.63, 3.8) is 0 Å². The van der Waals surface area contributed by atoms with Crippen LogP contribution in [0.5, 0.6) is 0 Å². The zero-order chi connectivity index (χ0) is 12.7. The molecular formula is C14H20FNO. The van der Waals surface area contributed by atoms with Gasteiger partial charge in [0.25, 0.3) is 5.91 Å². The van der Waals surface area contributed by atoms with Gasteiger partial charge < -0.3 is 5.32 Å². The number of hydrogen-bond acceptors (Lipinski definition) is 1. The molecule has 0 fully saturated rings. The third kappa shape index (κ3) is 4.55. The Balaban J connectivity index is 2.44. The molecule has 2 nitrogen and oxygen atoms in total. The van der Waals surface area contributed by atoms with E-state index in [9.17, 15) is 9.18 Å². The zero-order valence-corrected chi connectivity index (χ0v) is 10.6. The average molecular weight is 237 g/mol. The van der Waals surface area contributed by atoms with Gasteiger partial charge in [-0.25, -0.2) is 4.39 Å². The monoisotopic (exact) mass is 237 g/mol. The molecule has 17 heavy (non-hydrogen) atoms. The highest BCUT2D eigenvalue weighted by Crippen LogP contribution is 2.09. The fourth-order valence-electron chi connectivity index (χ4n) is 1.66. The first kappa shape index (κ1) is 13.7. The van der Waals surface area contributed by atoms with E-state index in [4.69, 9.17) is 0 Å². The Morgan fingerprint density at radius 2 is 2.06 bits per heavy atom. The number of unbranched alkanes of at least 4 members (excludes halogenated alkanes) is 3. The fourth-order valence-corrected chi connectivity index (χ4v) is 1.66. The Morgan fingerprint density at radius 1 is 1.29 bits per heavy atom. The predicted molar refractivity (Wildman–Crippen MR) is 67.6 cm³/mol. The second-order valence-corrected chi connectivity index (χ2v) is 4.30. The molecule has 1 aromatic carbocycles. The van der Waals surface area contributed by atoms with Crippen LogP contribution in [0.4, 0.5) is 4.39 Å². The van der Waals surface area contributed by atoms with E-state index in [-0.39, 0.29) is 11.5 Å². The Labute approximate surface area is 102 Å². The van der Waals surface area contributed by atoms with E-state index in [1.807, 2.05) is 6.92 Å². The third-order valence-corrected chi connectivity index (χ3v) is 2.68. The van der Waals surface area contributed by atoms with Gasteiger partial charge in [0.15, 0.2) is 0 Å². The quantitative estimate of drug-likeness (QED) is 0.754. The third-order valence-electron chi connectivity index (χ3n) is 2.68. The standard InChI is InChI=1S/C14H20FNO/c1-3-4-5-6-9-16-14(17)12-10-11(2)7-8-13(12)15/h7-8,10H,3-6,9H2,1-2H3,(H,16,17). The lowest BCUT2D eigenvalue weighted by atomic mass is 10.1. The van der Waals surface area contributed by atoms with E-state index < -0.39 is 5.82 Å². The topological polar surface area (TPSA) is 29.1 Å². The van der Waals surface area contributed by atoms with Crippen LogP contribution in [0.2, 0.25) is 0 Å². The van der Waals surface area contributed by atoms with Crippen LogP contribution >= 0.6 is 0 Å². The fraction of sp³-hybridized carbons (Fsp3) is 0.500. The van der Waals surface area contributed by atoms with Crippen molar-refractivity contribution in [2.75, 3.05) is 6.54 Å². The van der Waals surface area contributed by atoms with Crippen LogP contribution in [0.3, 0.4) is 0 Å². The van der Waals surface area contributed by atoms with E-state index in [1.165, 1.54) is 18.9 Å². The Hall–Kier alpha value is -1.38. The van der Waals surface area contributed by atoms with E-state index in [2.05, 4.69) is 12.2 Å². The van der Waals surface area contributed by atoms with Gasteiger partial charge in [-0.15, -0.1) is 0 Å². The summed E-state index contributed by atoms with van der Waals surface area (Å²) in [5, 5.41) is 2.75. The van der Waals surface area contributed by atoms with Crippen molar-refractivity contribution in [3.05, 3.63) is 35.1 Å². The van der Waals surface area contributed by atoms with Crippen molar-refractivity contribution in [2.24, 2.45) is 0 Å². The lowest BCUT2D eigenvalue weighted by Crippen LogP contribution is -2.25. The molecule has 0 bridgehead atoms. The summed E-state index contributed by atoms with van der Waals surface area (Å²) in [6, 6.07) is 4.57. The van der Waals surface area contributed by atoms with Crippen LogP contribution in [-0.4, -0.2) is 12.5 Å². The molecule has 0 aliphatic rings. The second-order valence-electron chi connectivity index (χ2n) is 4.30. The number of aryl methyl sites for hydroxylation is 1. The molecule has 3 heteroatoms. The molecule has 1 rings (SSSR count). The summed E-state index contributed by atoms with van der Waals surface area (Å²) in [6.45, 7) is 4.60. The van der Waals surface area contributed by atoms with Gasteiger partial charge in [-0.05, 0) is 25.5 Å². The molecule has 0 heterocycles. The number of carbonyl (C=O) groups is 1. The molecule has 1 N–H and O–H groups in total. The van der Waals surface area contributed by atoms with Gasteiger partial charge >= 0.3 is 0 Å². The first-order chi connectivity index (χ1) is 8.15. The van der Waals surface area contributed by atoms with Crippen LogP contribution in [0.1, 0.15) is 48.5 Å². The first-order valence-electron chi connectivity index (χ1n) is 6.19. The molecule has 0 aliphatic carbocycles. The highest BCUT2D eigenvalue weighted by molar-refractivity contribution is 5.94. The molecule has 1 amide bonds. The lowest BCUT2D eigenvalue weighted by molar-refractivity contribution is 0.0949. The summed E-state index contributed by atoms with van der Waals surface area (Å²) in [7, 11) is 0. The van der Waals surface area contributed by atoms with Gasteiger partial charge in [-0.2, -0.15) is 0 Å². The molecule has 0 radical (unpaired) electrons. The van der Waals surface area contributed by atoms with E-state index in [0.29, 0.717) is 6.54 Å². The Morgan fingerprint density at radius 3 is 2.76 bits per heavy atom. The number of carbonyl (C=O) groups excluding carboxylic acids is 1. The molecule has 0 spiro atoms. The summed E-state index contributed by atoms with van der Waals surface area (Å²) in [4.78, 5) is 11.7. The molecule has 0 aromatic heterocycles. The number of amides is 1. The van der Waals surface area contributed by atoms with Gasteiger partial charge in [0.1, 0.15) is 5.82 Å². The van der Waals surface area contributed by atoms with Crippen molar-refractivity contribution in [2.45, 2.75) is 39.5 Å². The first-order valence-corrected chi connectivity index (χ1v) is 6.19. The molecule has 0 atom stereocenters. The number of benzene rings is 1. The van der Waals surface area contributed by atoms with E-state index in [1.54, 1.807) is 12.1 Å². The molecular weight excluding hydrogens is 217 g/mol. The van der Waals surface area contributed by atoms with E-state index >= 15 is 0 Å². The van der Waals surface area contributed by atoms with Crippen molar-refractivity contribution in [1.29, 1.82) is 0 Å². The number of nitrogens with one attached hydrogen (secondary N) is 1. The van der Waals surface area contributed by atoms with Crippen LogP contribution < -0.4 is 5.32 Å². The largest absolute Gasteiger partial charge is 0.352 e. The Kier molecular flexibility index (Phi) is 5.67. The molecule has 0 aliphatic heterocycles. The maximum atomic E-state index is 13.4.